The van der Waals surface area contributed by atoms with Crippen LogP contribution in [-0.2, 0) is 4.74 Å². The molecule has 5 heteroatoms. The first-order valence-corrected chi connectivity index (χ1v) is 11.5. The lowest BCUT2D eigenvalue weighted by atomic mass is 10.1. The highest BCUT2D eigenvalue weighted by molar-refractivity contribution is 7.20. The molecule has 0 saturated heterocycles. The third-order valence-corrected chi connectivity index (χ3v) is 6.93. The number of carbonyl (C=O) groups excluding carboxylic acids is 1. The fourth-order valence-corrected chi connectivity index (χ4v) is 6.44. The largest absolute Gasteiger partial charge is 0.465 e. The van der Waals surface area contributed by atoms with Crippen molar-refractivity contribution in [1.29, 1.82) is 0 Å². The number of esters is 1. The minimum Gasteiger partial charge on any atom is -0.465 e. The third kappa shape index (κ3) is 3.12. The van der Waals surface area contributed by atoms with Crippen molar-refractivity contribution in [3.05, 3.63) is 39.7 Å². The van der Waals surface area contributed by atoms with Crippen LogP contribution in [0.3, 0.4) is 0 Å². The number of ether oxygens (including phenoxy) is 1. The van der Waals surface area contributed by atoms with Crippen molar-refractivity contribution in [3.63, 3.8) is 0 Å². The van der Waals surface area contributed by atoms with Gasteiger partial charge in [-0.3, -0.25) is 0 Å². The van der Waals surface area contributed by atoms with Crippen LogP contribution in [-0.4, -0.2) is 21.2 Å². The minimum atomic E-state index is -1.80. The summed E-state index contributed by atoms with van der Waals surface area (Å²) in [5.74, 6) is 2.47. The topological polar surface area (TPSA) is 26.3 Å². The Morgan fingerprint density at radius 2 is 1.86 bits per heavy atom. The molecule has 114 valence electrons. The van der Waals surface area contributed by atoms with E-state index in [2.05, 4.69) is 25.6 Å². The fraction of sp³-hybridized carbons (Fsp3) is 0.235. The molecule has 0 saturated carbocycles. The van der Waals surface area contributed by atoms with Gasteiger partial charge in [-0.15, -0.1) is 17.8 Å². The number of hydrogen-bond donors (Lipinski definition) is 0. The van der Waals surface area contributed by atoms with Crippen molar-refractivity contribution in [3.8, 4) is 22.8 Å². The van der Waals surface area contributed by atoms with Crippen LogP contribution in [0.2, 0.25) is 24.7 Å². The molecule has 0 radical (unpaired) electrons. The Hall–Kier alpha value is -1.54. The Morgan fingerprint density at radius 3 is 2.32 bits per heavy atom. The molecule has 1 aromatic heterocycles. The first-order chi connectivity index (χ1) is 10.3. The maximum atomic E-state index is 12.2. The van der Waals surface area contributed by atoms with Gasteiger partial charge in [-0.2, -0.15) is 0 Å². The van der Waals surface area contributed by atoms with Gasteiger partial charge in [0.15, 0.2) is 0 Å². The van der Waals surface area contributed by atoms with E-state index in [0.29, 0.717) is 9.90 Å². The number of thiophene rings is 1. The average molecular weight is 349 g/mol. The number of carbonyl (C=O) groups is 1. The number of rotatable bonds is 3. The summed E-state index contributed by atoms with van der Waals surface area (Å²) in [4.78, 5) is 13.7. The summed E-state index contributed by atoms with van der Waals surface area (Å²) in [6.07, 6.45) is 5.77. The lowest BCUT2D eigenvalue weighted by Crippen LogP contribution is -2.41. The lowest BCUT2D eigenvalue weighted by Gasteiger charge is -2.17. The summed E-state index contributed by atoms with van der Waals surface area (Å²) in [6, 6.07) is 7.49. The maximum absolute atomic E-state index is 12.2. The summed E-state index contributed by atoms with van der Waals surface area (Å²) in [5.41, 5.74) is 1.78. The zero-order valence-electron chi connectivity index (χ0n) is 13.0. The summed E-state index contributed by atoms with van der Waals surface area (Å²) >= 11 is 7.35. The first kappa shape index (κ1) is 16.8. The van der Waals surface area contributed by atoms with Gasteiger partial charge in [-0.25, -0.2) is 4.79 Å². The van der Waals surface area contributed by atoms with Crippen molar-refractivity contribution < 1.29 is 9.53 Å². The SMILES string of the molecule is C#Cc1c(-c2ccc(Cl)cc2)sc(C(=O)OC)c1[Si](C)(C)C. The second-order valence-corrected chi connectivity index (χ2v) is 12.4. The van der Waals surface area contributed by atoms with Crippen LogP contribution in [0.25, 0.3) is 10.4 Å². The molecule has 0 spiro atoms. The second kappa shape index (κ2) is 6.29. The van der Waals surface area contributed by atoms with E-state index < -0.39 is 8.07 Å². The first-order valence-electron chi connectivity index (χ1n) is 6.77. The molecular weight excluding hydrogens is 332 g/mol. The van der Waals surface area contributed by atoms with Gasteiger partial charge in [0, 0.05) is 10.6 Å². The van der Waals surface area contributed by atoms with Crippen LogP contribution in [0.1, 0.15) is 15.2 Å². The predicted molar refractivity (Wildman–Crippen MR) is 97.0 cm³/mol. The van der Waals surface area contributed by atoms with Crippen LogP contribution >= 0.6 is 22.9 Å². The zero-order chi connectivity index (χ0) is 16.5. The molecule has 2 rings (SSSR count). The molecule has 1 aromatic carbocycles. The summed E-state index contributed by atoms with van der Waals surface area (Å²) in [6.45, 7) is 6.52. The van der Waals surface area contributed by atoms with Gasteiger partial charge in [0.05, 0.1) is 20.1 Å². The molecule has 0 bridgehead atoms. The van der Waals surface area contributed by atoms with Gasteiger partial charge in [-0.1, -0.05) is 49.3 Å². The van der Waals surface area contributed by atoms with Crippen molar-refractivity contribution in [2.45, 2.75) is 19.6 Å². The minimum absolute atomic E-state index is 0.320. The highest BCUT2D eigenvalue weighted by Gasteiger charge is 2.31. The van der Waals surface area contributed by atoms with Gasteiger partial charge in [0.25, 0.3) is 0 Å². The van der Waals surface area contributed by atoms with E-state index in [0.717, 1.165) is 21.2 Å². The van der Waals surface area contributed by atoms with Gasteiger partial charge < -0.3 is 4.74 Å². The molecule has 0 aliphatic carbocycles. The summed E-state index contributed by atoms with van der Waals surface area (Å²) in [7, 11) is -0.408. The van der Waals surface area contributed by atoms with E-state index in [9.17, 15) is 4.79 Å². The smallest absolute Gasteiger partial charge is 0.347 e. The fourth-order valence-electron chi connectivity index (χ4n) is 2.33. The number of halogens is 1. The van der Waals surface area contributed by atoms with Crippen LogP contribution in [0, 0.1) is 12.3 Å². The normalized spacial score (nSPS) is 11.1. The Bertz CT molecular complexity index is 749. The summed E-state index contributed by atoms with van der Waals surface area (Å²) < 4.78 is 4.94. The van der Waals surface area contributed by atoms with Gasteiger partial charge in [0.1, 0.15) is 4.88 Å². The van der Waals surface area contributed by atoms with Gasteiger partial charge >= 0.3 is 5.97 Å². The molecule has 0 aliphatic heterocycles. The van der Waals surface area contributed by atoms with Crippen molar-refractivity contribution in [2.24, 2.45) is 0 Å². The monoisotopic (exact) mass is 348 g/mol. The average Bonchev–Trinajstić information content (AvgIpc) is 2.86. The Morgan fingerprint density at radius 1 is 1.27 bits per heavy atom. The van der Waals surface area contributed by atoms with E-state index >= 15 is 0 Å². The third-order valence-electron chi connectivity index (χ3n) is 3.28. The highest BCUT2D eigenvalue weighted by atomic mass is 35.5. The molecule has 0 N–H and O–H groups in total. The van der Waals surface area contributed by atoms with Crippen LogP contribution in [0.5, 0.6) is 0 Å². The molecule has 0 fully saturated rings. The van der Waals surface area contributed by atoms with Gasteiger partial charge in [0.2, 0.25) is 0 Å². The highest BCUT2D eigenvalue weighted by Crippen LogP contribution is 2.34. The maximum Gasteiger partial charge on any atom is 0.347 e. The second-order valence-electron chi connectivity index (χ2n) is 5.90. The zero-order valence-corrected chi connectivity index (χ0v) is 15.6. The predicted octanol–water partition coefficient (Wildman–Crippen LogP) is 4.38. The van der Waals surface area contributed by atoms with Crippen molar-refractivity contribution in [1.82, 2.24) is 0 Å². The van der Waals surface area contributed by atoms with Crippen molar-refractivity contribution >= 4 is 42.2 Å². The Balaban J connectivity index is 2.76. The quantitative estimate of drug-likeness (QED) is 0.467. The molecule has 0 amide bonds. The van der Waals surface area contributed by atoms with E-state index in [-0.39, 0.29) is 5.97 Å². The molecule has 0 unspecified atom stereocenters. The van der Waals surface area contributed by atoms with E-state index in [1.165, 1.54) is 18.4 Å². The van der Waals surface area contributed by atoms with E-state index in [4.69, 9.17) is 22.8 Å². The van der Waals surface area contributed by atoms with Crippen LogP contribution < -0.4 is 5.19 Å². The van der Waals surface area contributed by atoms with E-state index in [1.54, 1.807) is 0 Å². The van der Waals surface area contributed by atoms with Crippen LogP contribution in [0.15, 0.2) is 24.3 Å². The van der Waals surface area contributed by atoms with E-state index in [1.807, 2.05) is 24.3 Å². The van der Waals surface area contributed by atoms with Crippen LogP contribution in [0.4, 0.5) is 0 Å². The summed E-state index contributed by atoms with van der Waals surface area (Å²) in [5, 5.41) is 1.66. The molecule has 1 heterocycles. The molecular formula is C17H17ClO2SSi. The molecule has 22 heavy (non-hydrogen) atoms. The van der Waals surface area contributed by atoms with Crippen molar-refractivity contribution in [2.75, 3.05) is 7.11 Å². The molecule has 2 nitrogen and oxygen atoms in total. The lowest BCUT2D eigenvalue weighted by molar-refractivity contribution is 0.0607. The Kier molecular flexibility index (Phi) is 4.81. The molecule has 2 aromatic rings. The number of hydrogen-bond acceptors (Lipinski definition) is 3. The number of terminal acetylenes is 1. The molecule has 0 aliphatic rings. The molecule has 0 atom stereocenters. The Labute approximate surface area is 141 Å². The van der Waals surface area contributed by atoms with Gasteiger partial charge in [-0.05, 0) is 22.9 Å². The number of methoxy groups -OCH3 is 1. The number of benzene rings is 1. The standard InChI is InChI=1S/C17H17ClO2SSi/c1-6-13-14(11-7-9-12(18)10-8-11)21-15(17(19)20-2)16(13)22(3,4)5/h1,7-10H,2-5H3.